The fraction of sp³-hybridized carbons (Fsp3) is 0.444. The van der Waals surface area contributed by atoms with Crippen LogP contribution in [-0.4, -0.2) is 41.4 Å². The summed E-state index contributed by atoms with van der Waals surface area (Å²) in [5.74, 6) is -2.18. The Morgan fingerprint density at radius 3 is 2.70 bits per heavy atom. The first-order valence-electron chi connectivity index (χ1n) is 8.64. The Morgan fingerprint density at radius 1 is 1.44 bits per heavy atom. The molecule has 1 saturated carbocycles. The number of aryl methyl sites for hydroxylation is 1. The molecule has 2 aliphatic rings. The number of rotatable bonds is 4. The summed E-state index contributed by atoms with van der Waals surface area (Å²) in [6.45, 7) is 0.00262. The van der Waals surface area contributed by atoms with Crippen LogP contribution >= 0.6 is 11.6 Å². The summed E-state index contributed by atoms with van der Waals surface area (Å²) in [7, 11) is 0. The quantitative estimate of drug-likeness (QED) is 0.827. The first-order valence-corrected chi connectivity index (χ1v) is 9.02. The van der Waals surface area contributed by atoms with Crippen LogP contribution in [0.2, 0.25) is 5.02 Å². The smallest absolute Gasteiger partial charge is 0.341 e. The van der Waals surface area contributed by atoms with E-state index in [0.29, 0.717) is 13.1 Å². The van der Waals surface area contributed by atoms with Gasteiger partial charge in [-0.3, -0.25) is 4.79 Å². The van der Waals surface area contributed by atoms with Gasteiger partial charge in [0, 0.05) is 30.7 Å². The molecule has 1 spiro atoms. The molecule has 1 unspecified atom stereocenters. The molecule has 1 aliphatic heterocycles. The van der Waals surface area contributed by atoms with Gasteiger partial charge in [-0.15, -0.1) is 0 Å². The van der Waals surface area contributed by atoms with E-state index in [-0.39, 0.29) is 39.6 Å². The standard InChI is InChI=1S/C18H18ClF2N3O3/c19-13-14-9(16(25)10(17(26)27)6-23(14)4-3-20)5-11(21)15(13)24-7-12(22)18(8-24)1-2-18/h5-6,12H,1-4,7-8,22H2,(H,26,27). The molecular formula is C18H18ClF2N3O3. The van der Waals surface area contributed by atoms with Crippen LogP contribution in [0.1, 0.15) is 23.2 Å². The largest absolute Gasteiger partial charge is 0.477 e. The molecule has 3 N–H and O–H groups in total. The van der Waals surface area contributed by atoms with E-state index in [1.807, 2.05) is 0 Å². The summed E-state index contributed by atoms with van der Waals surface area (Å²) in [5.41, 5.74) is 5.02. The van der Waals surface area contributed by atoms with Crippen molar-refractivity contribution in [1.82, 2.24) is 4.57 Å². The van der Waals surface area contributed by atoms with E-state index >= 15 is 0 Å². The maximum atomic E-state index is 14.9. The van der Waals surface area contributed by atoms with Crippen molar-refractivity contribution >= 4 is 34.2 Å². The predicted molar refractivity (Wildman–Crippen MR) is 98.0 cm³/mol. The Kier molecular flexibility index (Phi) is 4.16. The van der Waals surface area contributed by atoms with Crippen molar-refractivity contribution in [3.8, 4) is 0 Å². The number of carboxylic acid groups (broad SMARTS) is 1. The number of halogens is 3. The van der Waals surface area contributed by atoms with Gasteiger partial charge in [-0.1, -0.05) is 11.6 Å². The van der Waals surface area contributed by atoms with Gasteiger partial charge in [-0.25, -0.2) is 13.6 Å². The molecule has 1 aliphatic carbocycles. The summed E-state index contributed by atoms with van der Waals surface area (Å²) in [6, 6.07) is 0.898. The second kappa shape index (κ2) is 6.17. The van der Waals surface area contributed by atoms with E-state index < -0.39 is 29.5 Å². The Balaban J connectivity index is 1.95. The van der Waals surface area contributed by atoms with Crippen LogP contribution in [-0.2, 0) is 6.54 Å². The van der Waals surface area contributed by atoms with Gasteiger partial charge in [0.25, 0.3) is 0 Å². The summed E-state index contributed by atoms with van der Waals surface area (Å²) in [5, 5.41) is 9.01. The van der Waals surface area contributed by atoms with Crippen molar-refractivity contribution in [2.75, 3.05) is 24.7 Å². The number of carboxylic acids is 1. The Labute approximate surface area is 158 Å². The van der Waals surface area contributed by atoms with Crippen molar-refractivity contribution in [3.63, 3.8) is 0 Å². The number of pyridine rings is 1. The second-order valence-electron chi connectivity index (χ2n) is 7.33. The predicted octanol–water partition coefficient (Wildman–Crippen LogP) is 2.39. The molecule has 9 heteroatoms. The first kappa shape index (κ1) is 18.2. The van der Waals surface area contributed by atoms with Gasteiger partial charge in [0.15, 0.2) is 0 Å². The molecule has 0 amide bonds. The maximum Gasteiger partial charge on any atom is 0.341 e. The minimum Gasteiger partial charge on any atom is -0.477 e. The van der Waals surface area contributed by atoms with Crippen molar-refractivity contribution in [3.05, 3.63) is 38.9 Å². The second-order valence-corrected chi connectivity index (χ2v) is 7.70. The third-order valence-electron chi connectivity index (χ3n) is 5.70. The summed E-state index contributed by atoms with van der Waals surface area (Å²) < 4.78 is 29.2. The van der Waals surface area contributed by atoms with Crippen LogP contribution in [0, 0.1) is 11.2 Å². The van der Waals surface area contributed by atoms with Crippen molar-refractivity contribution in [2.24, 2.45) is 11.1 Å². The average molecular weight is 398 g/mol. The van der Waals surface area contributed by atoms with Crippen LogP contribution in [0.15, 0.2) is 17.1 Å². The lowest BCUT2D eigenvalue weighted by Crippen LogP contribution is -2.30. The third kappa shape index (κ3) is 2.70. The van der Waals surface area contributed by atoms with E-state index in [9.17, 15) is 23.5 Å². The Morgan fingerprint density at radius 2 is 2.15 bits per heavy atom. The summed E-state index contributed by atoms with van der Waals surface area (Å²) in [4.78, 5) is 25.6. The number of hydrogen-bond donors (Lipinski definition) is 2. The highest BCUT2D eigenvalue weighted by atomic mass is 35.5. The number of fused-ring (bicyclic) bond motifs is 1. The van der Waals surface area contributed by atoms with Crippen LogP contribution in [0.25, 0.3) is 10.9 Å². The first-order chi connectivity index (χ1) is 12.8. The van der Waals surface area contributed by atoms with Crippen LogP contribution in [0.4, 0.5) is 14.5 Å². The average Bonchev–Trinajstić information content (AvgIpc) is 3.30. The van der Waals surface area contributed by atoms with Gasteiger partial charge in [0.1, 0.15) is 18.1 Å². The number of alkyl halides is 1. The highest BCUT2D eigenvalue weighted by Gasteiger charge is 2.54. The molecule has 2 fully saturated rings. The molecule has 1 aromatic heterocycles. The fourth-order valence-electron chi connectivity index (χ4n) is 4.04. The number of carbonyl (C=O) groups is 1. The van der Waals surface area contributed by atoms with Crippen LogP contribution in [0.3, 0.4) is 0 Å². The lowest BCUT2D eigenvalue weighted by Gasteiger charge is -2.23. The molecule has 0 radical (unpaired) electrons. The number of benzene rings is 1. The van der Waals surface area contributed by atoms with E-state index in [1.54, 1.807) is 4.90 Å². The number of nitrogens with two attached hydrogens (primary N) is 1. The summed E-state index contributed by atoms with van der Waals surface area (Å²) in [6.07, 6.45) is 3.01. The van der Waals surface area contributed by atoms with Crippen molar-refractivity contribution in [2.45, 2.75) is 25.4 Å². The molecule has 144 valence electrons. The monoisotopic (exact) mass is 397 g/mol. The SMILES string of the molecule is NC1CN(c2c(F)cc3c(=O)c(C(=O)O)cn(CCF)c3c2Cl)CC12CC2. The number of aromatic nitrogens is 1. The van der Waals surface area contributed by atoms with Gasteiger partial charge >= 0.3 is 5.97 Å². The lowest BCUT2D eigenvalue weighted by atomic mass is 10.0. The van der Waals surface area contributed by atoms with Gasteiger partial charge < -0.3 is 20.3 Å². The molecular weight excluding hydrogens is 380 g/mol. The summed E-state index contributed by atoms with van der Waals surface area (Å²) >= 11 is 6.48. The number of nitrogens with zero attached hydrogens (tertiary/aromatic N) is 2. The molecule has 1 saturated heterocycles. The maximum absolute atomic E-state index is 14.9. The zero-order valence-electron chi connectivity index (χ0n) is 14.3. The van der Waals surface area contributed by atoms with Crippen molar-refractivity contribution < 1.29 is 18.7 Å². The normalized spacial score (nSPS) is 20.6. The zero-order chi connectivity index (χ0) is 19.5. The molecule has 0 bridgehead atoms. The Hall–Kier alpha value is -2.19. The number of anilines is 1. The Bertz CT molecular complexity index is 1020. The fourth-order valence-corrected chi connectivity index (χ4v) is 4.46. The van der Waals surface area contributed by atoms with E-state index in [4.69, 9.17) is 17.3 Å². The van der Waals surface area contributed by atoms with Gasteiger partial charge in [0.05, 0.1) is 28.2 Å². The lowest BCUT2D eigenvalue weighted by molar-refractivity contribution is 0.0694. The molecule has 1 atom stereocenters. The van der Waals surface area contributed by atoms with E-state index in [0.717, 1.165) is 25.1 Å². The molecule has 4 rings (SSSR count). The van der Waals surface area contributed by atoms with E-state index in [2.05, 4.69) is 0 Å². The minimum atomic E-state index is -1.46. The molecule has 2 aromatic rings. The van der Waals surface area contributed by atoms with Gasteiger partial charge in [0.2, 0.25) is 5.43 Å². The zero-order valence-corrected chi connectivity index (χ0v) is 15.1. The highest BCUT2D eigenvalue weighted by molar-refractivity contribution is 6.38. The molecule has 27 heavy (non-hydrogen) atoms. The van der Waals surface area contributed by atoms with Gasteiger partial charge in [-0.05, 0) is 18.9 Å². The van der Waals surface area contributed by atoms with Crippen molar-refractivity contribution in [1.29, 1.82) is 0 Å². The number of hydrogen-bond acceptors (Lipinski definition) is 4. The van der Waals surface area contributed by atoms with E-state index in [1.165, 1.54) is 4.57 Å². The topological polar surface area (TPSA) is 88.6 Å². The highest BCUT2D eigenvalue weighted by Crippen LogP contribution is 2.53. The van der Waals surface area contributed by atoms with Gasteiger partial charge in [-0.2, -0.15) is 0 Å². The minimum absolute atomic E-state index is 0.0174. The van der Waals surface area contributed by atoms with Crippen LogP contribution in [0.5, 0.6) is 0 Å². The van der Waals surface area contributed by atoms with Crippen LogP contribution < -0.4 is 16.1 Å². The number of aromatic carboxylic acids is 1. The molecule has 6 nitrogen and oxygen atoms in total. The third-order valence-corrected chi connectivity index (χ3v) is 6.06. The molecule has 2 heterocycles. The molecule has 1 aromatic carbocycles.